The van der Waals surface area contributed by atoms with E-state index in [1.165, 1.54) is 12.1 Å². The Balaban J connectivity index is 0.00000176. The van der Waals surface area contributed by atoms with Crippen LogP contribution < -0.4 is 10.5 Å². The van der Waals surface area contributed by atoms with Gasteiger partial charge in [-0.25, -0.2) is 4.39 Å². The Hall–Kier alpha value is -1.26. The minimum atomic E-state index is -0.376. The zero-order valence-corrected chi connectivity index (χ0v) is 13.7. The van der Waals surface area contributed by atoms with Crippen LogP contribution in [-0.4, -0.2) is 12.6 Å². The summed E-state index contributed by atoms with van der Waals surface area (Å²) in [5.41, 5.74) is 7.37. The van der Waals surface area contributed by atoms with Crippen molar-refractivity contribution in [2.45, 2.75) is 6.10 Å². The first-order valence-corrected chi connectivity index (χ1v) is 7.18. The van der Waals surface area contributed by atoms with Gasteiger partial charge >= 0.3 is 0 Å². The molecule has 0 fully saturated rings. The van der Waals surface area contributed by atoms with Crippen LogP contribution in [0.2, 0.25) is 10.0 Å². The minimum Gasteiger partial charge on any atom is -0.484 e. The summed E-state index contributed by atoms with van der Waals surface area (Å²) in [4.78, 5) is 0. The molecule has 0 aromatic heterocycles. The van der Waals surface area contributed by atoms with Crippen LogP contribution in [0.15, 0.2) is 36.4 Å². The van der Waals surface area contributed by atoms with Crippen molar-refractivity contribution in [1.82, 2.24) is 0 Å². The molecule has 0 bridgehead atoms. The maximum atomic E-state index is 13.9. The number of hydrogen-bond acceptors (Lipinski definition) is 2. The number of rotatable bonds is 2. The van der Waals surface area contributed by atoms with Crippen LogP contribution in [0.25, 0.3) is 17.2 Å². The van der Waals surface area contributed by atoms with E-state index < -0.39 is 0 Å². The fourth-order valence-electron chi connectivity index (χ4n) is 2.34. The van der Waals surface area contributed by atoms with Gasteiger partial charge < -0.3 is 10.5 Å². The molecule has 1 aliphatic heterocycles. The Bertz CT molecular complexity index is 713. The molecule has 2 aromatic rings. The molecule has 116 valence electrons. The highest BCUT2D eigenvalue weighted by Gasteiger charge is 2.22. The molecular weight excluding hydrogens is 348 g/mol. The molecular formula is C16H13Cl3FNO. The van der Waals surface area contributed by atoms with E-state index in [4.69, 9.17) is 33.7 Å². The van der Waals surface area contributed by atoms with Crippen LogP contribution in [0.4, 0.5) is 4.39 Å². The molecule has 6 heteroatoms. The van der Waals surface area contributed by atoms with E-state index in [0.29, 0.717) is 39.0 Å². The van der Waals surface area contributed by atoms with Crippen LogP contribution in [-0.2, 0) is 0 Å². The predicted octanol–water partition coefficient (Wildman–Crippen LogP) is 4.95. The monoisotopic (exact) mass is 359 g/mol. The fourth-order valence-corrected chi connectivity index (χ4v) is 2.94. The lowest BCUT2D eigenvalue weighted by molar-refractivity contribution is 0.254. The van der Waals surface area contributed by atoms with E-state index in [0.717, 1.165) is 0 Å². The van der Waals surface area contributed by atoms with Crippen molar-refractivity contribution in [1.29, 1.82) is 0 Å². The summed E-state index contributed by atoms with van der Waals surface area (Å²) in [6.45, 7) is 0.336. The molecule has 1 atom stereocenters. The molecule has 3 rings (SSSR count). The number of nitrogens with two attached hydrogens (primary N) is 1. The first kappa shape index (κ1) is 17.1. The van der Waals surface area contributed by atoms with Gasteiger partial charge in [0.1, 0.15) is 17.7 Å². The Labute approximate surface area is 144 Å². The third kappa shape index (κ3) is 3.08. The van der Waals surface area contributed by atoms with Gasteiger partial charge in [0.05, 0.1) is 10.0 Å². The largest absolute Gasteiger partial charge is 0.484 e. The molecule has 22 heavy (non-hydrogen) atoms. The van der Waals surface area contributed by atoms with Crippen LogP contribution >= 0.6 is 35.6 Å². The summed E-state index contributed by atoms with van der Waals surface area (Å²) >= 11 is 12.4. The standard InChI is InChI=1S/C16H12Cl2FNO.ClH/c17-13-2-1-3-14(18)15(13)12-7-10(19)6-9-4-5-11(8-20)21-16(9)12;/h1-7,11H,8,20H2;1H/t11-;/m1./s1. The third-order valence-electron chi connectivity index (χ3n) is 3.31. The summed E-state index contributed by atoms with van der Waals surface area (Å²) in [7, 11) is 0. The van der Waals surface area contributed by atoms with Crippen LogP contribution in [0.5, 0.6) is 5.75 Å². The summed E-state index contributed by atoms with van der Waals surface area (Å²) in [6.07, 6.45) is 3.36. The first-order valence-electron chi connectivity index (χ1n) is 6.43. The maximum absolute atomic E-state index is 13.9. The van der Waals surface area contributed by atoms with Crippen LogP contribution in [0.1, 0.15) is 5.56 Å². The van der Waals surface area contributed by atoms with Crippen molar-refractivity contribution in [2.75, 3.05) is 6.54 Å². The first-order chi connectivity index (χ1) is 10.1. The van der Waals surface area contributed by atoms with Crippen LogP contribution in [0, 0.1) is 5.82 Å². The predicted molar refractivity (Wildman–Crippen MR) is 91.6 cm³/mol. The van der Waals surface area contributed by atoms with Gasteiger partial charge in [0, 0.05) is 23.2 Å². The van der Waals surface area contributed by atoms with Crippen molar-refractivity contribution in [2.24, 2.45) is 5.73 Å². The Morgan fingerprint density at radius 1 is 1.18 bits per heavy atom. The Morgan fingerprint density at radius 2 is 1.86 bits per heavy atom. The summed E-state index contributed by atoms with van der Waals surface area (Å²) in [6, 6.07) is 7.94. The summed E-state index contributed by atoms with van der Waals surface area (Å²) in [5, 5.41) is 0.885. The van der Waals surface area contributed by atoms with Gasteiger partial charge in [0.2, 0.25) is 0 Å². The highest BCUT2D eigenvalue weighted by molar-refractivity contribution is 6.39. The lowest BCUT2D eigenvalue weighted by atomic mass is 9.98. The molecule has 2 aromatic carbocycles. The van der Waals surface area contributed by atoms with Crippen molar-refractivity contribution < 1.29 is 9.13 Å². The lowest BCUT2D eigenvalue weighted by Crippen LogP contribution is -2.26. The molecule has 0 spiro atoms. The van der Waals surface area contributed by atoms with Crippen molar-refractivity contribution in [3.8, 4) is 16.9 Å². The average Bonchev–Trinajstić information content (AvgIpc) is 2.46. The number of benzene rings is 2. The molecule has 0 amide bonds. The molecule has 0 saturated heterocycles. The number of hydrogen-bond donors (Lipinski definition) is 1. The Morgan fingerprint density at radius 3 is 2.50 bits per heavy atom. The van der Waals surface area contributed by atoms with Gasteiger partial charge in [-0.05, 0) is 30.3 Å². The molecule has 2 nitrogen and oxygen atoms in total. The van der Waals surface area contributed by atoms with E-state index in [-0.39, 0.29) is 24.3 Å². The molecule has 2 N–H and O–H groups in total. The number of halogens is 4. The zero-order chi connectivity index (χ0) is 15.0. The fraction of sp³-hybridized carbons (Fsp3) is 0.125. The van der Waals surface area contributed by atoms with E-state index >= 15 is 0 Å². The van der Waals surface area contributed by atoms with E-state index in [1.54, 1.807) is 30.4 Å². The van der Waals surface area contributed by atoms with Crippen molar-refractivity contribution >= 4 is 41.7 Å². The molecule has 1 aliphatic rings. The molecule has 1 heterocycles. The quantitative estimate of drug-likeness (QED) is 0.822. The third-order valence-corrected chi connectivity index (χ3v) is 3.94. The Kier molecular flexibility index (Phi) is 5.35. The molecule has 0 unspecified atom stereocenters. The molecule has 0 saturated carbocycles. The van der Waals surface area contributed by atoms with Crippen molar-refractivity contribution in [3.05, 3.63) is 57.8 Å². The van der Waals surface area contributed by atoms with Gasteiger partial charge in [-0.3, -0.25) is 0 Å². The second kappa shape index (κ2) is 6.88. The van der Waals surface area contributed by atoms with Gasteiger partial charge in [-0.1, -0.05) is 35.3 Å². The van der Waals surface area contributed by atoms with Crippen LogP contribution in [0.3, 0.4) is 0 Å². The van der Waals surface area contributed by atoms with E-state index in [2.05, 4.69) is 0 Å². The minimum absolute atomic E-state index is 0. The second-order valence-electron chi connectivity index (χ2n) is 4.72. The summed E-state index contributed by atoms with van der Waals surface area (Å²) < 4.78 is 19.7. The highest BCUT2D eigenvalue weighted by atomic mass is 35.5. The topological polar surface area (TPSA) is 35.2 Å². The maximum Gasteiger partial charge on any atom is 0.135 e. The lowest BCUT2D eigenvalue weighted by Gasteiger charge is -2.23. The number of fused-ring (bicyclic) bond motifs is 1. The molecule has 0 radical (unpaired) electrons. The average molecular weight is 361 g/mol. The van der Waals surface area contributed by atoms with Crippen molar-refractivity contribution in [3.63, 3.8) is 0 Å². The van der Waals surface area contributed by atoms with E-state index in [9.17, 15) is 4.39 Å². The zero-order valence-electron chi connectivity index (χ0n) is 11.4. The van der Waals surface area contributed by atoms with Gasteiger partial charge in [-0.15, -0.1) is 12.4 Å². The van der Waals surface area contributed by atoms with Gasteiger partial charge in [0.15, 0.2) is 0 Å². The normalized spacial score (nSPS) is 15.7. The van der Waals surface area contributed by atoms with Gasteiger partial charge in [0.25, 0.3) is 0 Å². The van der Waals surface area contributed by atoms with Gasteiger partial charge in [-0.2, -0.15) is 0 Å². The molecule has 0 aliphatic carbocycles. The van der Waals surface area contributed by atoms with E-state index in [1.807, 2.05) is 0 Å². The highest BCUT2D eigenvalue weighted by Crippen LogP contribution is 2.43. The SMILES string of the molecule is Cl.NC[C@H]1C=Cc2cc(F)cc(-c3c(Cl)cccc3Cl)c2O1. The number of ether oxygens (including phenoxy) is 1. The summed E-state index contributed by atoms with van der Waals surface area (Å²) in [5.74, 6) is 0.170. The smallest absolute Gasteiger partial charge is 0.135 e. The second-order valence-corrected chi connectivity index (χ2v) is 5.53.